The third-order valence-electron chi connectivity index (χ3n) is 5.67. The molecule has 6 heteroatoms. The van der Waals surface area contributed by atoms with Crippen molar-refractivity contribution in [2.24, 2.45) is 5.92 Å². The molecule has 2 heterocycles. The highest BCUT2D eigenvalue weighted by atomic mass is 16.3. The Bertz CT molecular complexity index is 1100. The third-order valence-corrected chi connectivity index (χ3v) is 5.67. The summed E-state index contributed by atoms with van der Waals surface area (Å²) < 4.78 is 5.69. The molecule has 1 aliphatic rings. The summed E-state index contributed by atoms with van der Waals surface area (Å²) in [5.74, 6) is 0.710. The molecule has 1 aliphatic heterocycles. The number of anilines is 3. The summed E-state index contributed by atoms with van der Waals surface area (Å²) in [6.45, 7) is 6.73. The van der Waals surface area contributed by atoms with Gasteiger partial charge in [0.1, 0.15) is 5.76 Å². The van der Waals surface area contributed by atoms with Crippen LogP contribution in [0, 0.1) is 5.92 Å². The summed E-state index contributed by atoms with van der Waals surface area (Å²) in [6, 6.07) is 17.5. The van der Waals surface area contributed by atoms with Gasteiger partial charge in [0.15, 0.2) is 0 Å². The zero-order valence-corrected chi connectivity index (χ0v) is 18.7. The van der Waals surface area contributed by atoms with E-state index >= 15 is 0 Å². The summed E-state index contributed by atoms with van der Waals surface area (Å²) in [5, 5.41) is 5.79. The highest BCUT2D eigenvalue weighted by Crippen LogP contribution is 2.33. The number of carbonyl (C=O) groups excluding carboxylic acids is 2. The molecule has 0 saturated heterocycles. The van der Waals surface area contributed by atoms with Crippen LogP contribution in [0.2, 0.25) is 0 Å². The maximum atomic E-state index is 12.9. The molecule has 2 amide bonds. The molecule has 6 nitrogen and oxygen atoms in total. The van der Waals surface area contributed by atoms with Crippen molar-refractivity contribution < 1.29 is 14.0 Å². The lowest BCUT2D eigenvalue weighted by Crippen LogP contribution is -2.29. The molecule has 2 aromatic carbocycles. The largest absolute Gasteiger partial charge is 0.467 e. The second kappa shape index (κ2) is 9.30. The van der Waals surface area contributed by atoms with Crippen molar-refractivity contribution in [3.05, 3.63) is 77.7 Å². The van der Waals surface area contributed by atoms with E-state index in [1.54, 1.807) is 36.6 Å². The van der Waals surface area contributed by atoms with E-state index in [0.29, 0.717) is 47.6 Å². The van der Waals surface area contributed by atoms with Gasteiger partial charge in [-0.2, -0.15) is 0 Å². The fourth-order valence-corrected chi connectivity index (χ4v) is 4.11. The Balaban J connectivity index is 1.41. The molecule has 3 aromatic rings. The van der Waals surface area contributed by atoms with Gasteiger partial charge in [0.25, 0.3) is 5.91 Å². The molecule has 32 heavy (non-hydrogen) atoms. The van der Waals surface area contributed by atoms with Crippen molar-refractivity contribution in [2.45, 2.75) is 46.2 Å². The van der Waals surface area contributed by atoms with Gasteiger partial charge in [-0.1, -0.05) is 32.0 Å². The quantitative estimate of drug-likeness (QED) is 0.520. The van der Waals surface area contributed by atoms with Gasteiger partial charge in [0, 0.05) is 29.5 Å². The average Bonchev–Trinajstić information content (AvgIpc) is 3.34. The van der Waals surface area contributed by atoms with Crippen molar-refractivity contribution in [1.29, 1.82) is 0 Å². The number of carbonyl (C=O) groups is 2. The molecule has 166 valence electrons. The van der Waals surface area contributed by atoms with Crippen LogP contribution in [-0.4, -0.2) is 17.9 Å². The van der Waals surface area contributed by atoms with Gasteiger partial charge in [0.2, 0.25) is 5.91 Å². The number of nitrogens with zero attached hydrogens (tertiary/aromatic N) is 1. The van der Waals surface area contributed by atoms with Crippen molar-refractivity contribution >= 4 is 28.9 Å². The van der Waals surface area contributed by atoms with Crippen molar-refractivity contribution in [3.63, 3.8) is 0 Å². The first-order chi connectivity index (χ1) is 15.4. The lowest BCUT2D eigenvalue weighted by atomic mass is 10.1. The zero-order chi connectivity index (χ0) is 22.7. The molecule has 1 unspecified atom stereocenters. The fourth-order valence-electron chi connectivity index (χ4n) is 4.11. The van der Waals surface area contributed by atoms with Gasteiger partial charge in [-0.15, -0.1) is 0 Å². The van der Waals surface area contributed by atoms with Crippen LogP contribution < -0.4 is 15.5 Å². The van der Waals surface area contributed by atoms with E-state index in [4.69, 9.17) is 4.42 Å². The standard InChI is InChI=1S/C26H29N3O3/c1-17(2)14-25(30)27-20-8-10-21(11-9-20)28-26(31)22-12-13-32-24(22)16-29-18(3)15-19-6-4-5-7-23(19)29/h4-13,17-18H,14-16H2,1-3H3,(H,27,30)(H,28,31). The molecule has 1 aromatic heterocycles. The van der Waals surface area contributed by atoms with E-state index in [1.807, 2.05) is 19.9 Å². The SMILES string of the molecule is CC(C)CC(=O)Nc1ccc(NC(=O)c2ccoc2CN2c3ccccc3CC2C)cc1. The second-order valence-corrected chi connectivity index (χ2v) is 8.74. The van der Waals surface area contributed by atoms with E-state index in [-0.39, 0.29) is 11.8 Å². The Morgan fingerprint density at radius 2 is 1.72 bits per heavy atom. The van der Waals surface area contributed by atoms with Gasteiger partial charge in [0.05, 0.1) is 18.4 Å². The van der Waals surface area contributed by atoms with E-state index in [2.05, 4.69) is 40.7 Å². The number of fused-ring (bicyclic) bond motifs is 1. The number of furan rings is 1. The Morgan fingerprint density at radius 3 is 2.44 bits per heavy atom. The highest BCUT2D eigenvalue weighted by Gasteiger charge is 2.28. The molecular weight excluding hydrogens is 402 g/mol. The predicted octanol–water partition coefficient (Wildman–Crippen LogP) is 5.47. The molecule has 0 aliphatic carbocycles. The predicted molar refractivity (Wildman–Crippen MR) is 127 cm³/mol. The lowest BCUT2D eigenvalue weighted by molar-refractivity contribution is -0.116. The Labute approximate surface area is 188 Å². The van der Waals surface area contributed by atoms with Gasteiger partial charge < -0.3 is 20.0 Å². The van der Waals surface area contributed by atoms with Crippen LogP contribution in [0.1, 0.15) is 48.9 Å². The van der Waals surface area contributed by atoms with Gasteiger partial charge in [-0.3, -0.25) is 9.59 Å². The van der Waals surface area contributed by atoms with Crippen LogP contribution in [0.15, 0.2) is 65.3 Å². The number of amides is 2. The van der Waals surface area contributed by atoms with Gasteiger partial charge in [-0.25, -0.2) is 0 Å². The van der Waals surface area contributed by atoms with Crippen LogP contribution >= 0.6 is 0 Å². The highest BCUT2D eigenvalue weighted by molar-refractivity contribution is 6.05. The first-order valence-corrected chi connectivity index (χ1v) is 11.0. The molecule has 0 spiro atoms. The van der Waals surface area contributed by atoms with Gasteiger partial charge >= 0.3 is 0 Å². The molecule has 2 N–H and O–H groups in total. The molecule has 4 rings (SSSR count). The fraction of sp³-hybridized carbons (Fsp3) is 0.308. The van der Waals surface area contributed by atoms with Crippen LogP contribution in [0.4, 0.5) is 17.1 Å². The monoisotopic (exact) mass is 431 g/mol. The topological polar surface area (TPSA) is 74.6 Å². The lowest BCUT2D eigenvalue weighted by Gasteiger charge is -2.24. The Kier molecular flexibility index (Phi) is 6.30. The van der Waals surface area contributed by atoms with Crippen molar-refractivity contribution in [2.75, 3.05) is 15.5 Å². The Hall–Kier alpha value is -3.54. The summed E-state index contributed by atoms with van der Waals surface area (Å²) in [4.78, 5) is 27.1. The molecule has 0 bridgehead atoms. The van der Waals surface area contributed by atoms with E-state index in [1.165, 1.54) is 11.3 Å². The number of para-hydroxylation sites is 1. The normalized spacial score (nSPS) is 15.0. The van der Waals surface area contributed by atoms with E-state index in [0.717, 1.165) is 6.42 Å². The molecule has 0 saturated carbocycles. The second-order valence-electron chi connectivity index (χ2n) is 8.74. The minimum atomic E-state index is -0.217. The summed E-state index contributed by atoms with van der Waals surface area (Å²) in [7, 11) is 0. The zero-order valence-electron chi connectivity index (χ0n) is 18.7. The minimum absolute atomic E-state index is 0.0162. The summed E-state index contributed by atoms with van der Waals surface area (Å²) >= 11 is 0. The third kappa shape index (κ3) is 4.85. The Morgan fingerprint density at radius 1 is 1.03 bits per heavy atom. The number of nitrogens with one attached hydrogen (secondary N) is 2. The van der Waals surface area contributed by atoms with Crippen LogP contribution in [0.3, 0.4) is 0 Å². The maximum Gasteiger partial charge on any atom is 0.259 e. The van der Waals surface area contributed by atoms with Gasteiger partial charge in [-0.05, 0) is 61.2 Å². The molecular formula is C26H29N3O3. The number of hydrogen-bond donors (Lipinski definition) is 2. The number of hydrogen-bond acceptors (Lipinski definition) is 4. The average molecular weight is 432 g/mol. The summed E-state index contributed by atoms with van der Waals surface area (Å²) in [5.41, 5.74) is 4.40. The number of benzene rings is 2. The smallest absolute Gasteiger partial charge is 0.259 e. The van der Waals surface area contributed by atoms with Crippen molar-refractivity contribution in [3.8, 4) is 0 Å². The first kappa shape index (κ1) is 21.7. The van der Waals surface area contributed by atoms with Crippen molar-refractivity contribution in [1.82, 2.24) is 0 Å². The minimum Gasteiger partial charge on any atom is -0.467 e. The molecule has 0 radical (unpaired) electrons. The first-order valence-electron chi connectivity index (χ1n) is 11.0. The maximum absolute atomic E-state index is 12.9. The molecule has 1 atom stereocenters. The summed E-state index contributed by atoms with van der Waals surface area (Å²) in [6.07, 6.45) is 3.02. The van der Waals surface area contributed by atoms with E-state index < -0.39 is 0 Å². The van der Waals surface area contributed by atoms with Crippen LogP contribution in [0.5, 0.6) is 0 Å². The van der Waals surface area contributed by atoms with Crippen LogP contribution in [-0.2, 0) is 17.8 Å². The molecule has 0 fully saturated rings. The van der Waals surface area contributed by atoms with E-state index in [9.17, 15) is 9.59 Å². The van der Waals surface area contributed by atoms with Crippen LogP contribution in [0.25, 0.3) is 0 Å². The number of rotatable bonds is 7.